The number of aromatic nitrogens is 2. The van der Waals surface area contributed by atoms with Gasteiger partial charge in [0.15, 0.2) is 11.6 Å². The highest BCUT2D eigenvalue weighted by atomic mass is 19.1. The Morgan fingerprint density at radius 3 is 2.79 bits per heavy atom. The van der Waals surface area contributed by atoms with Crippen LogP contribution < -0.4 is 10.6 Å². The molecule has 0 spiro atoms. The van der Waals surface area contributed by atoms with Gasteiger partial charge in [-0.2, -0.15) is 5.10 Å². The van der Waals surface area contributed by atoms with Gasteiger partial charge in [0.2, 0.25) is 0 Å². The van der Waals surface area contributed by atoms with E-state index in [0.717, 1.165) is 5.56 Å². The van der Waals surface area contributed by atoms with Crippen molar-refractivity contribution in [3.63, 3.8) is 0 Å². The SMILES string of the molecule is CC(C)(C)OC(=O)Nc1[nH]ncc1CNCc1ccc(O)c(F)c1. The predicted octanol–water partition coefficient (Wildman–Crippen LogP) is 2.89. The summed E-state index contributed by atoms with van der Waals surface area (Å²) in [4.78, 5) is 11.8. The molecular formula is C16H21FN4O3. The smallest absolute Gasteiger partial charge is 0.413 e. The molecule has 4 N–H and O–H groups in total. The summed E-state index contributed by atoms with van der Waals surface area (Å²) in [5, 5.41) is 21.5. The van der Waals surface area contributed by atoms with Crippen molar-refractivity contribution in [1.82, 2.24) is 15.5 Å². The number of rotatable bonds is 5. The first-order valence-electron chi connectivity index (χ1n) is 7.45. The van der Waals surface area contributed by atoms with Gasteiger partial charge in [-0.3, -0.25) is 10.4 Å². The predicted molar refractivity (Wildman–Crippen MR) is 87.1 cm³/mol. The summed E-state index contributed by atoms with van der Waals surface area (Å²) >= 11 is 0. The van der Waals surface area contributed by atoms with Crippen molar-refractivity contribution in [2.45, 2.75) is 39.5 Å². The van der Waals surface area contributed by atoms with Gasteiger partial charge in [-0.25, -0.2) is 9.18 Å². The number of aromatic hydroxyl groups is 1. The number of carbonyl (C=O) groups is 1. The van der Waals surface area contributed by atoms with Crippen molar-refractivity contribution in [2.75, 3.05) is 5.32 Å². The third kappa shape index (κ3) is 5.24. The van der Waals surface area contributed by atoms with Gasteiger partial charge in [0, 0.05) is 18.7 Å². The third-order valence-electron chi connectivity index (χ3n) is 3.00. The lowest BCUT2D eigenvalue weighted by Gasteiger charge is -2.19. The van der Waals surface area contributed by atoms with E-state index in [1.54, 1.807) is 33.0 Å². The average molecular weight is 336 g/mol. The molecule has 8 heteroatoms. The molecule has 0 fully saturated rings. The molecule has 1 aromatic heterocycles. The standard InChI is InChI=1S/C16H21FN4O3/c1-16(2,3)24-15(23)20-14-11(9-19-21-14)8-18-7-10-4-5-13(22)12(17)6-10/h4-6,9,18,22H,7-8H2,1-3H3,(H2,19,20,21,23). The molecule has 0 aliphatic carbocycles. The number of hydrogen-bond donors (Lipinski definition) is 4. The number of anilines is 1. The van der Waals surface area contributed by atoms with Crippen molar-refractivity contribution >= 4 is 11.9 Å². The van der Waals surface area contributed by atoms with Crippen LogP contribution in [0, 0.1) is 5.82 Å². The van der Waals surface area contributed by atoms with Crippen LogP contribution in [0.25, 0.3) is 0 Å². The van der Waals surface area contributed by atoms with E-state index in [0.29, 0.717) is 24.5 Å². The molecule has 0 atom stereocenters. The Balaban J connectivity index is 1.88. The fourth-order valence-corrected chi connectivity index (χ4v) is 1.96. The minimum atomic E-state index is -0.662. The highest BCUT2D eigenvalue weighted by Gasteiger charge is 2.17. The van der Waals surface area contributed by atoms with Crippen molar-refractivity contribution in [3.8, 4) is 5.75 Å². The summed E-state index contributed by atoms with van der Waals surface area (Å²) in [5.41, 5.74) is 0.835. The van der Waals surface area contributed by atoms with Crippen LogP contribution in [-0.2, 0) is 17.8 Å². The Hall–Kier alpha value is -2.61. The number of aromatic amines is 1. The van der Waals surface area contributed by atoms with Crippen molar-refractivity contribution < 1.29 is 19.0 Å². The second-order valence-corrected chi connectivity index (χ2v) is 6.29. The van der Waals surface area contributed by atoms with Gasteiger partial charge in [0.1, 0.15) is 11.4 Å². The lowest BCUT2D eigenvalue weighted by molar-refractivity contribution is 0.0635. The molecular weight excluding hydrogens is 315 g/mol. The first-order valence-corrected chi connectivity index (χ1v) is 7.45. The minimum absolute atomic E-state index is 0.377. The molecule has 0 saturated heterocycles. The summed E-state index contributed by atoms with van der Waals surface area (Å²) in [5.74, 6) is -0.601. The number of halogens is 1. The molecule has 0 aliphatic rings. The van der Waals surface area contributed by atoms with Crippen molar-refractivity contribution in [3.05, 3.63) is 41.3 Å². The molecule has 0 radical (unpaired) electrons. The molecule has 0 saturated carbocycles. The lowest BCUT2D eigenvalue weighted by Crippen LogP contribution is -2.27. The molecule has 1 aromatic carbocycles. The summed E-state index contributed by atoms with van der Waals surface area (Å²) in [7, 11) is 0. The zero-order valence-corrected chi connectivity index (χ0v) is 13.8. The Labute approximate surface area is 139 Å². The van der Waals surface area contributed by atoms with Gasteiger partial charge in [0.05, 0.1) is 6.20 Å². The van der Waals surface area contributed by atoms with E-state index in [-0.39, 0.29) is 5.75 Å². The van der Waals surface area contributed by atoms with Crippen LogP contribution in [0.2, 0.25) is 0 Å². The van der Waals surface area contributed by atoms with Crippen LogP contribution >= 0.6 is 0 Å². The van der Waals surface area contributed by atoms with Gasteiger partial charge < -0.3 is 15.2 Å². The number of amides is 1. The van der Waals surface area contributed by atoms with Crippen LogP contribution in [0.3, 0.4) is 0 Å². The highest BCUT2D eigenvalue weighted by molar-refractivity contribution is 5.84. The first kappa shape index (κ1) is 17.7. The molecule has 2 aromatic rings. The van der Waals surface area contributed by atoms with E-state index in [1.165, 1.54) is 12.1 Å². The van der Waals surface area contributed by atoms with Crippen LogP contribution in [0.4, 0.5) is 15.0 Å². The number of nitrogens with one attached hydrogen (secondary N) is 3. The Kier molecular flexibility index (Phi) is 5.40. The molecule has 7 nitrogen and oxygen atoms in total. The second kappa shape index (κ2) is 7.31. The van der Waals surface area contributed by atoms with Crippen LogP contribution in [0.15, 0.2) is 24.4 Å². The lowest BCUT2D eigenvalue weighted by atomic mass is 10.2. The number of phenolic OH excluding ortho intramolecular Hbond substituents is 1. The van der Waals surface area contributed by atoms with E-state index >= 15 is 0 Å². The number of carbonyl (C=O) groups excluding carboxylic acids is 1. The summed E-state index contributed by atoms with van der Waals surface area (Å²) < 4.78 is 18.4. The van der Waals surface area contributed by atoms with Gasteiger partial charge in [0.25, 0.3) is 0 Å². The maximum Gasteiger partial charge on any atom is 0.413 e. The normalized spacial score (nSPS) is 11.3. The molecule has 1 heterocycles. The van der Waals surface area contributed by atoms with Crippen molar-refractivity contribution in [2.24, 2.45) is 0 Å². The van der Waals surface area contributed by atoms with E-state index < -0.39 is 17.5 Å². The zero-order chi connectivity index (χ0) is 17.7. The monoisotopic (exact) mass is 336 g/mol. The van der Waals surface area contributed by atoms with Crippen LogP contribution in [0.1, 0.15) is 31.9 Å². The van der Waals surface area contributed by atoms with Crippen LogP contribution in [0.5, 0.6) is 5.75 Å². The van der Waals surface area contributed by atoms with E-state index in [4.69, 9.17) is 9.84 Å². The second-order valence-electron chi connectivity index (χ2n) is 6.29. The Morgan fingerprint density at radius 2 is 2.12 bits per heavy atom. The number of hydrogen-bond acceptors (Lipinski definition) is 5. The Morgan fingerprint density at radius 1 is 1.38 bits per heavy atom. The summed E-state index contributed by atoms with van der Waals surface area (Å²) in [6, 6.07) is 4.19. The fourth-order valence-electron chi connectivity index (χ4n) is 1.96. The molecule has 1 amide bonds. The summed E-state index contributed by atoms with van der Waals surface area (Å²) in [6.45, 7) is 6.13. The number of benzene rings is 1. The molecule has 24 heavy (non-hydrogen) atoms. The zero-order valence-electron chi connectivity index (χ0n) is 13.8. The van der Waals surface area contributed by atoms with Gasteiger partial charge in [-0.1, -0.05) is 6.07 Å². The van der Waals surface area contributed by atoms with E-state index in [2.05, 4.69) is 20.8 Å². The van der Waals surface area contributed by atoms with Crippen LogP contribution in [-0.4, -0.2) is 27.0 Å². The largest absolute Gasteiger partial charge is 0.505 e. The van der Waals surface area contributed by atoms with Gasteiger partial charge in [-0.05, 0) is 38.5 Å². The Bertz CT molecular complexity index is 710. The topological polar surface area (TPSA) is 99.3 Å². The quantitative estimate of drug-likeness (QED) is 0.673. The molecule has 0 aliphatic heterocycles. The van der Waals surface area contributed by atoms with E-state index in [9.17, 15) is 9.18 Å². The maximum atomic E-state index is 13.3. The fraction of sp³-hybridized carbons (Fsp3) is 0.375. The van der Waals surface area contributed by atoms with Crippen molar-refractivity contribution in [1.29, 1.82) is 0 Å². The third-order valence-corrected chi connectivity index (χ3v) is 3.00. The molecule has 0 bridgehead atoms. The first-order chi connectivity index (χ1) is 11.2. The average Bonchev–Trinajstić information content (AvgIpc) is 2.88. The molecule has 130 valence electrons. The van der Waals surface area contributed by atoms with Gasteiger partial charge in [-0.15, -0.1) is 0 Å². The van der Waals surface area contributed by atoms with E-state index in [1.807, 2.05) is 0 Å². The highest BCUT2D eigenvalue weighted by Crippen LogP contribution is 2.17. The minimum Gasteiger partial charge on any atom is -0.505 e. The molecule has 2 rings (SSSR count). The number of nitrogens with zero attached hydrogens (tertiary/aromatic N) is 1. The molecule has 0 unspecified atom stereocenters. The number of phenols is 1. The number of H-pyrrole nitrogens is 1. The van der Waals surface area contributed by atoms with Gasteiger partial charge >= 0.3 is 6.09 Å². The summed E-state index contributed by atoms with van der Waals surface area (Å²) in [6.07, 6.45) is 1.01. The number of ether oxygens (including phenoxy) is 1. The maximum absolute atomic E-state index is 13.3.